The molecule has 10 heavy (non-hydrogen) atoms. The lowest BCUT2D eigenvalue weighted by Gasteiger charge is -1.98. The second-order valence-electron chi connectivity index (χ2n) is 1.54. The van der Waals surface area contributed by atoms with Crippen molar-refractivity contribution >= 4 is 0 Å². The van der Waals surface area contributed by atoms with E-state index in [9.17, 15) is 0 Å². The number of nitrogens with two attached hydrogens (primary N) is 1. The first-order valence-corrected chi connectivity index (χ1v) is 2.76. The lowest BCUT2D eigenvalue weighted by molar-refractivity contribution is -0.742. The van der Waals surface area contributed by atoms with Crippen LogP contribution in [0.3, 0.4) is 0 Å². The summed E-state index contributed by atoms with van der Waals surface area (Å²) in [6.45, 7) is 2.29. The van der Waals surface area contributed by atoms with Crippen LogP contribution in [0.15, 0.2) is 0 Å². The third-order valence-electron chi connectivity index (χ3n) is 0.743. The highest BCUT2D eigenvalue weighted by Gasteiger charge is 1.90. The Bertz CT molecular complexity index is 79.3. The average molecular weight is 152 g/mol. The number of hydrogen-bond donors (Lipinski definition) is 3. The highest BCUT2D eigenvalue weighted by atomic mass is 16.9. The second kappa shape index (κ2) is 8.12. The van der Waals surface area contributed by atoms with Crippen molar-refractivity contribution in [1.29, 1.82) is 0 Å². The summed E-state index contributed by atoms with van der Waals surface area (Å²) in [5, 5.41) is 22.2. The van der Waals surface area contributed by atoms with Gasteiger partial charge in [0.05, 0.1) is 6.10 Å². The zero-order valence-electron chi connectivity index (χ0n) is 5.73. The van der Waals surface area contributed by atoms with Crippen molar-refractivity contribution in [2.45, 2.75) is 19.4 Å². The van der Waals surface area contributed by atoms with Crippen LogP contribution in [0.25, 0.3) is 0 Å². The summed E-state index contributed by atoms with van der Waals surface area (Å²) in [5.74, 6) is 0. The molecule has 6 nitrogen and oxygen atoms in total. The van der Waals surface area contributed by atoms with Crippen LogP contribution < -0.4 is 5.73 Å². The molecule has 0 aliphatic heterocycles. The zero-order chi connectivity index (χ0) is 8.57. The largest absolute Gasteiger partial charge is 0.392 e. The van der Waals surface area contributed by atoms with Crippen molar-refractivity contribution in [3.63, 3.8) is 0 Å². The van der Waals surface area contributed by atoms with Crippen molar-refractivity contribution in [1.82, 2.24) is 0 Å². The van der Waals surface area contributed by atoms with Crippen molar-refractivity contribution in [3.8, 4) is 0 Å². The number of aliphatic hydroxyl groups is 1. The molecule has 0 spiro atoms. The highest BCUT2D eigenvalue weighted by Crippen LogP contribution is 1.81. The molecule has 0 aromatic carbocycles. The maximum atomic E-state index is 8.54. The van der Waals surface area contributed by atoms with Gasteiger partial charge in [-0.2, -0.15) is 0 Å². The fourth-order valence-corrected chi connectivity index (χ4v) is 0.167. The van der Waals surface area contributed by atoms with Gasteiger partial charge in [-0.25, -0.2) is 0 Å². The predicted octanol–water partition coefficient (Wildman–Crippen LogP) is -0.632. The molecule has 0 bridgehead atoms. The Balaban J connectivity index is 0. The van der Waals surface area contributed by atoms with Gasteiger partial charge in [0, 0.05) is 6.54 Å². The van der Waals surface area contributed by atoms with Gasteiger partial charge in [-0.05, 0) is 6.42 Å². The second-order valence-corrected chi connectivity index (χ2v) is 1.54. The van der Waals surface area contributed by atoms with Crippen LogP contribution in [0.2, 0.25) is 0 Å². The lowest BCUT2D eigenvalue weighted by Crippen LogP contribution is -2.17. The standard InChI is InChI=1S/C4H11NO.HNO3/c1-2-4(6)3-5;2-1(3)4/h4,6H,2-3,5H2,1H3;(H,2,3,4). The molecule has 1 unspecified atom stereocenters. The van der Waals surface area contributed by atoms with Gasteiger partial charge in [-0.1, -0.05) is 6.92 Å². The third-order valence-corrected chi connectivity index (χ3v) is 0.743. The maximum absolute atomic E-state index is 8.54. The molecular weight excluding hydrogens is 140 g/mol. The normalized spacial score (nSPS) is 11.1. The van der Waals surface area contributed by atoms with Crippen LogP contribution in [0.4, 0.5) is 0 Å². The Labute approximate surface area is 58.4 Å². The fourth-order valence-electron chi connectivity index (χ4n) is 0.167. The Morgan fingerprint density at radius 2 is 2.10 bits per heavy atom. The first-order valence-electron chi connectivity index (χ1n) is 2.76. The summed E-state index contributed by atoms with van der Waals surface area (Å²) in [6.07, 6.45) is 0.473. The topological polar surface area (TPSA) is 110 Å². The molecule has 0 aliphatic carbocycles. The minimum Gasteiger partial charge on any atom is -0.392 e. The van der Waals surface area contributed by atoms with Gasteiger partial charge >= 0.3 is 0 Å². The number of aliphatic hydroxyl groups excluding tert-OH is 1. The SMILES string of the molecule is CCC(O)CN.O=[N+]([O-])O. The summed E-state index contributed by atoms with van der Waals surface area (Å²) >= 11 is 0. The smallest absolute Gasteiger partial charge is 0.291 e. The molecule has 0 saturated heterocycles. The minimum absolute atomic E-state index is 0.287. The monoisotopic (exact) mass is 152 g/mol. The summed E-state index contributed by atoms with van der Waals surface area (Å²) in [6, 6.07) is 0. The van der Waals surface area contributed by atoms with Crippen LogP contribution in [0, 0.1) is 10.1 Å². The van der Waals surface area contributed by atoms with Gasteiger partial charge < -0.3 is 16.0 Å². The number of rotatable bonds is 2. The highest BCUT2D eigenvalue weighted by molar-refractivity contribution is 4.48. The lowest BCUT2D eigenvalue weighted by atomic mass is 10.3. The van der Waals surface area contributed by atoms with Crippen LogP contribution in [0.5, 0.6) is 0 Å². The fraction of sp³-hybridized carbons (Fsp3) is 1.00. The van der Waals surface area contributed by atoms with Gasteiger partial charge in [0.1, 0.15) is 0 Å². The molecule has 4 N–H and O–H groups in total. The van der Waals surface area contributed by atoms with E-state index in [0.717, 1.165) is 6.42 Å². The van der Waals surface area contributed by atoms with E-state index >= 15 is 0 Å². The molecule has 0 aliphatic rings. The minimum atomic E-state index is -1.50. The maximum Gasteiger partial charge on any atom is 0.291 e. The van der Waals surface area contributed by atoms with Crippen molar-refractivity contribution in [2.75, 3.05) is 6.54 Å². The summed E-state index contributed by atoms with van der Waals surface area (Å²) in [7, 11) is 0. The van der Waals surface area contributed by atoms with Crippen molar-refractivity contribution in [2.24, 2.45) is 5.73 Å². The molecule has 0 aromatic heterocycles. The predicted molar refractivity (Wildman–Crippen MR) is 34.1 cm³/mol. The van der Waals surface area contributed by atoms with E-state index in [1.165, 1.54) is 0 Å². The van der Waals surface area contributed by atoms with E-state index in [-0.39, 0.29) is 6.10 Å². The van der Waals surface area contributed by atoms with E-state index < -0.39 is 5.09 Å². The first-order chi connectivity index (χ1) is 4.54. The molecule has 0 fully saturated rings. The zero-order valence-corrected chi connectivity index (χ0v) is 5.73. The Morgan fingerprint density at radius 3 is 2.10 bits per heavy atom. The summed E-state index contributed by atoms with van der Waals surface area (Å²) in [5.41, 5.74) is 5.03. The van der Waals surface area contributed by atoms with Crippen molar-refractivity contribution in [3.05, 3.63) is 10.1 Å². The third kappa shape index (κ3) is 27.4. The van der Waals surface area contributed by atoms with Gasteiger partial charge in [-0.3, -0.25) is 0 Å². The number of nitrogens with zero attached hydrogens (tertiary/aromatic N) is 1. The Kier molecular flexibility index (Phi) is 9.63. The van der Waals surface area contributed by atoms with Crippen molar-refractivity contribution < 1.29 is 15.4 Å². The van der Waals surface area contributed by atoms with Gasteiger partial charge in [0.2, 0.25) is 0 Å². The average Bonchev–Trinajstić information content (AvgIpc) is 1.85. The van der Waals surface area contributed by atoms with E-state index in [2.05, 4.69) is 0 Å². The summed E-state index contributed by atoms with van der Waals surface area (Å²) in [4.78, 5) is 8.36. The van der Waals surface area contributed by atoms with E-state index in [1.54, 1.807) is 0 Å². The van der Waals surface area contributed by atoms with E-state index in [0.29, 0.717) is 6.54 Å². The summed E-state index contributed by atoms with van der Waals surface area (Å²) < 4.78 is 0. The molecule has 0 saturated carbocycles. The molecular formula is C4H12N2O4. The van der Waals surface area contributed by atoms with Gasteiger partial charge in [0.25, 0.3) is 5.09 Å². The van der Waals surface area contributed by atoms with E-state index in [1.807, 2.05) is 6.92 Å². The molecule has 0 amide bonds. The molecule has 0 radical (unpaired) electrons. The quantitative estimate of drug-likeness (QED) is 0.360. The molecule has 1 atom stereocenters. The van der Waals surface area contributed by atoms with Crippen LogP contribution in [-0.2, 0) is 0 Å². The first kappa shape index (κ1) is 11.9. The molecule has 6 heteroatoms. The molecule has 0 aromatic rings. The van der Waals surface area contributed by atoms with Gasteiger partial charge in [-0.15, -0.1) is 10.1 Å². The molecule has 0 rings (SSSR count). The molecule has 0 heterocycles. The van der Waals surface area contributed by atoms with Crippen LogP contribution in [-0.4, -0.2) is 28.0 Å². The Hall–Kier alpha value is -0.880. The van der Waals surface area contributed by atoms with Crippen LogP contribution in [0.1, 0.15) is 13.3 Å². The molecule has 62 valence electrons. The number of hydrogen-bond acceptors (Lipinski definition) is 4. The van der Waals surface area contributed by atoms with E-state index in [4.69, 9.17) is 26.2 Å². The Morgan fingerprint density at radius 1 is 1.80 bits per heavy atom. The van der Waals surface area contributed by atoms with Gasteiger partial charge in [0.15, 0.2) is 0 Å². The van der Waals surface area contributed by atoms with Crippen LogP contribution >= 0.6 is 0 Å².